The molecule has 0 amide bonds. The molecule has 0 N–H and O–H groups in total. The van der Waals surface area contributed by atoms with E-state index in [0.717, 1.165) is 50.8 Å². The minimum atomic E-state index is 0.954. The molecule has 0 saturated heterocycles. The number of nitrogens with zero attached hydrogens (tertiary/aromatic N) is 3. The van der Waals surface area contributed by atoms with Crippen LogP contribution in [0, 0.1) is 0 Å². The molecule has 0 spiro atoms. The van der Waals surface area contributed by atoms with E-state index in [0.29, 0.717) is 0 Å². The predicted molar refractivity (Wildman–Crippen MR) is 209 cm³/mol. The monoisotopic (exact) mass is 637 g/mol. The average molecular weight is 638 g/mol. The fourth-order valence-electron chi connectivity index (χ4n) is 7.51. The molecule has 0 aliphatic carbocycles. The minimum Gasteiger partial charge on any atom is -0.295 e. The highest BCUT2D eigenvalue weighted by atomic mass is 15.3. The lowest BCUT2D eigenvalue weighted by Crippen LogP contribution is -2.13. The maximum atomic E-state index is 5.14. The molecule has 0 saturated carbocycles. The van der Waals surface area contributed by atoms with Gasteiger partial charge in [-0.25, -0.2) is 4.98 Å². The summed E-state index contributed by atoms with van der Waals surface area (Å²) in [6.45, 7) is 0. The number of anilines is 3. The number of hydrogen-bond donors (Lipinski definition) is 0. The maximum Gasteiger partial charge on any atom is 0.123 e. The normalized spacial score (nSPS) is 12.0. The molecule has 0 atom stereocenters. The Labute approximate surface area is 291 Å². The zero-order valence-electron chi connectivity index (χ0n) is 27.2. The van der Waals surface area contributed by atoms with Crippen LogP contribution in [0.1, 0.15) is 0 Å². The first-order chi connectivity index (χ1) is 24.8. The van der Waals surface area contributed by atoms with Crippen molar-refractivity contribution in [1.29, 1.82) is 0 Å². The summed E-state index contributed by atoms with van der Waals surface area (Å²) >= 11 is 0. The van der Waals surface area contributed by atoms with Gasteiger partial charge in [0, 0.05) is 33.3 Å². The van der Waals surface area contributed by atoms with E-state index < -0.39 is 0 Å². The zero-order valence-corrected chi connectivity index (χ0v) is 27.2. The molecule has 0 fully saturated rings. The fraction of sp³-hybridized carbons (Fsp3) is 0. The van der Waals surface area contributed by atoms with Crippen LogP contribution in [0.2, 0.25) is 0 Å². The topological polar surface area (TPSA) is 21.1 Å². The van der Waals surface area contributed by atoms with E-state index in [1.165, 1.54) is 38.5 Å². The molecular weight excluding hydrogens is 607 g/mol. The number of hydrogen-bond acceptors (Lipinski definition) is 2. The smallest absolute Gasteiger partial charge is 0.123 e. The lowest BCUT2D eigenvalue weighted by atomic mass is 9.97. The Hall–Kier alpha value is -6.71. The first-order valence-electron chi connectivity index (χ1n) is 17.1. The summed E-state index contributed by atoms with van der Waals surface area (Å²) in [7, 11) is 0. The van der Waals surface area contributed by atoms with Gasteiger partial charge in [0.15, 0.2) is 0 Å². The van der Waals surface area contributed by atoms with E-state index in [1.54, 1.807) is 0 Å². The van der Waals surface area contributed by atoms with Gasteiger partial charge in [0.25, 0.3) is 0 Å². The standard InChI is InChI=1S/C47H31N3/c1-3-14-32(15-4-1)42-28-38(29-43(48-42)33-16-5-2-6-17-33)34-21-13-22-39(26-34)49-45-25-12-10-23-40(45)41-27-35-18-7-8-19-36(35)30-46(41)50-44-24-11-9-20-37(44)31-47(49)50/h1-31H. The summed E-state index contributed by atoms with van der Waals surface area (Å²) in [5.41, 5.74) is 13.4. The SMILES string of the molecule is c1ccc(-c2cc(-c3cccc(N4c5ccccc5-c5cc6ccccc6cc5-n5c4cc4ccccc45)c3)cc(-c3ccccc3)n2)cc1. The summed E-state index contributed by atoms with van der Waals surface area (Å²) in [5.74, 6) is 1.11. The van der Waals surface area contributed by atoms with Gasteiger partial charge in [-0.1, -0.05) is 133 Å². The lowest BCUT2D eigenvalue weighted by molar-refractivity contribution is 1.09. The molecule has 1 aliphatic rings. The van der Waals surface area contributed by atoms with Gasteiger partial charge in [0.05, 0.1) is 28.3 Å². The molecule has 234 valence electrons. The van der Waals surface area contributed by atoms with Gasteiger partial charge in [-0.15, -0.1) is 0 Å². The van der Waals surface area contributed by atoms with Crippen LogP contribution < -0.4 is 4.90 Å². The van der Waals surface area contributed by atoms with Crippen molar-refractivity contribution < 1.29 is 0 Å². The molecule has 3 heterocycles. The molecule has 10 rings (SSSR count). The molecule has 9 aromatic rings. The molecule has 50 heavy (non-hydrogen) atoms. The van der Waals surface area contributed by atoms with Crippen LogP contribution in [0.4, 0.5) is 17.2 Å². The molecule has 3 heteroatoms. The minimum absolute atomic E-state index is 0.954. The van der Waals surface area contributed by atoms with Crippen molar-refractivity contribution in [3.63, 3.8) is 0 Å². The number of pyridine rings is 1. The summed E-state index contributed by atoms with van der Waals surface area (Å²) in [6.07, 6.45) is 0. The molecule has 2 aromatic heterocycles. The third-order valence-corrected chi connectivity index (χ3v) is 9.86. The van der Waals surface area contributed by atoms with Gasteiger partial charge in [-0.2, -0.15) is 0 Å². The van der Waals surface area contributed by atoms with Gasteiger partial charge >= 0.3 is 0 Å². The molecule has 0 bridgehead atoms. The Morgan fingerprint density at radius 3 is 1.70 bits per heavy atom. The Morgan fingerprint density at radius 2 is 0.960 bits per heavy atom. The van der Waals surface area contributed by atoms with Crippen molar-refractivity contribution in [3.05, 3.63) is 188 Å². The van der Waals surface area contributed by atoms with Crippen molar-refractivity contribution in [2.24, 2.45) is 0 Å². The number of fused-ring (bicyclic) bond motifs is 8. The predicted octanol–water partition coefficient (Wildman–Crippen LogP) is 12.6. The third-order valence-electron chi connectivity index (χ3n) is 9.86. The van der Waals surface area contributed by atoms with Crippen LogP contribution in [-0.2, 0) is 0 Å². The molecule has 7 aromatic carbocycles. The van der Waals surface area contributed by atoms with Gasteiger partial charge in [-0.05, 0) is 76.5 Å². The fourth-order valence-corrected chi connectivity index (χ4v) is 7.51. The maximum absolute atomic E-state index is 5.14. The van der Waals surface area contributed by atoms with E-state index >= 15 is 0 Å². The van der Waals surface area contributed by atoms with Crippen LogP contribution in [0.3, 0.4) is 0 Å². The van der Waals surface area contributed by atoms with Crippen molar-refractivity contribution in [1.82, 2.24) is 9.55 Å². The number of para-hydroxylation sites is 2. The highest BCUT2D eigenvalue weighted by Crippen LogP contribution is 2.50. The Kier molecular flexibility index (Phi) is 6.49. The number of aromatic nitrogens is 2. The first kappa shape index (κ1) is 28.3. The van der Waals surface area contributed by atoms with Crippen molar-refractivity contribution in [3.8, 4) is 50.5 Å². The van der Waals surface area contributed by atoms with Crippen LogP contribution in [0.15, 0.2) is 188 Å². The highest BCUT2D eigenvalue weighted by Gasteiger charge is 2.28. The van der Waals surface area contributed by atoms with Crippen LogP contribution in [0.25, 0.3) is 72.1 Å². The quantitative estimate of drug-likeness (QED) is 0.191. The average Bonchev–Trinajstić information content (AvgIpc) is 3.52. The highest BCUT2D eigenvalue weighted by molar-refractivity contribution is 6.03. The van der Waals surface area contributed by atoms with Crippen molar-refractivity contribution in [2.75, 3.05) is 4.90 Å². The van der Waals surface area contributed by atoms with E-state index in [1.807, 2.05) is 12.1 Å². The van der Waals surface area contributed by atoms with Gasteiger partial charge < -0.3 is 0 Å². The molecule has 1 aliphatic heterocycles. The molecular formula is C47H31N3. The second-order valence-corrected chi connectivity index (χ2v) is 12.9. The van der Waals surface area contributed by atoms with E-state index in [-0.39, 0.29) is 0 Å². The van der Waals surface area contributed by atoms with Gasteiger partial charge in [-0.3, -0.25) is 9.47 Å². The Morgan fingerprint density at radius 1 is 0.360 bits per heavy atom. The summed E-state index contributed by atoms with van der Waals surface area (Å²) in [6, 6.07) is 67.5. The van der Waals surface area contributed by atoms with Crippen LogP contribution in [0.5, 0.6) is 0 Å². The molecule has 3 nitrogen and oxygen atoms in total. The second-order valence-electron chi connectivity index (χ2n) is 12.9. The van der Waals surface area contributed by atoms with Crippen LogP contribution in [-0.4, -0.2) is 9.55 Å². The number of rotatable bonds is 4. The molecule has 0 radical (unpaired) electrons. The van der Waals surface area contributed by atoms with E-state index in [4.69, 9.17) is 4.98 Å². The lowest BCUT2D eigenvalue weighted by Gasteiger charge is -2.26. The molecule has 0 unspecified atom stereocenters. The third kappa shape index (κ3) is 4.63. The van der Waals surface area contributed by atoms with E-state index in [2.05, 4.69) is 185 Å². The Bertz CT molecular complexity index is 2650. The second kappa shape index (κ2) is 11.5. The van der Waals surface area contributed by atoms with E-state index in [9.17, 15) is 0 Å². The summed E-state index contributed by atoms with van der Waals surface area (Å²) < 4.78 is 2.44. The first-order valence-corrected chi connectivity index (χ1v) is 17.1. The zero-order chi connectivity index (χ0) is 33.0. The van der Waals surface area contributed by atoms with Crippen molar-refractivity contribution >= 4 is 38.9 Å². The van der Waals surface area contributed by atoms with Gasteiger partial charge in [0.2, 0.25) is 0 Å². The van der Waals surface area contributed by atoms with Crippen LogP contribution >= 0.6 is 0 Å². The van der Waals surface area contributed by atoms with Gasteiger partial charge in [0.1, 0.15) is 5.82 Å². The Balaban J connectivity index is 1.22. The summed E-state index contributed by atoms with van der Waals surface area (Å²) in [4.78, 5) is 7.57. The van der Waals surface area contributed by atoms with Crippen molar-refractivity contribution in [2.45, 2.75) is 0 Å². The summed E-state index contributed by atoms with van der Waals surface area (Å²) in [5, 5.41) is 3.66. The number of benzene rings is 7. The largest absolute Gasteiger partial charge is 0.295 e.